The summed E-state index contributed by atoms with van der Waals surface area (Å²) >= 11 is 7.17. The Balaban J connectivity index is 1.80. The number of pyridine rings is 1. The number of rotatable bonds is 3. The molecule has 8 heteroatoms. The fourth-order valence-corrected chi connectivity index (χ4v) is 4.11. The first-order valence-corrected chi connectivity index (χ1v) is 9.51. The minimum Gasteiger partial charge on any atom is -0.545 e. The van der Waals surface area contributed by atoms with E-state index < -0.39 is 17.7 Å². The SMILES string of the molecule is O=C([O-])c1cc(-c2ccc(-c3cccc(C(F)(F)F)c3)s2)nc2ccc(Cl)cc12. The summed E-state index contributed by atoms with van der Waals surface area (Å²) in [7, 11) is 0. The van der Waals surface area contributed by atoms with Gasteiger partial charge in [0.05, 0.1) is 27.6 Å². The number of carboxylic acid groups (broad SMARTS) is 1. The van der Waals surface area contributed by atoms with E-state index in [4.69, 9.17) is 11.6 Å². The van der Waals surface area contributed by atoms with Crippen molar-refractivity contribution >= 4 is 39.8 Å². The molecule has 4 rings (SSSR count). The van der Waals surface area contributed by atoms with Crippen LogP contribution in [-0.2, 0) is 6.18 Å². The van der Waals surface area contributed by atoms with Gasteiger partial charge >= 0.3 is 6.18 Å². The second kappa shape index (κ2) is 7.17. The third-order valence-corrected chi connectivity index (χ3v) is 5.72. The van der Waals surface area contributed by atoms with Crippen LogP contribution >= 0.6 is 22.9 Å². The van der Waals surface area contributed by atoms with Crippen LogP contribution in [0.15, 0.2) is 60.7 Å². The molecule has 0 N–H and O–H groups in total. The summed E-state index contributed by atoms with van der Waals surface area (Å²) in [5.74, 6) is -1.37. The van der Waals surface area contributed by atoms with Crippen molar-refractivity contribution in [1.29, 1.82) is 0 Å². The smallest absolute Gasteiger partial charge is 0.416 e. The van der Waals surface area contributed by atoms with Crippen LogP contribution in [-0.4, -0.2) is 11.0 Å². The molecule has 3 nitrogen and oxygen atoms in total. The van der Waals surface area contributed by atoms with Crippen molar-refractivity contribution in [2.24, 2.45) is 0 Å². The van der Waals surface area contributed by atoms with E-state index in [1.807, 2.05) is 0 Å². The first kappa shape index (κ1) is 19.4. The molecule has 0 unspecified atom stereocenters. The van der Waals surface area contributed by atoms with Crippen molar-refractivity contribution < 1.29 is 23.1 Å². The number of halogens is 4. The molecule has 0 atom stereocenters. The van der Waals surface area contributed by atoms with Gasteiger partial charge in [-0.25, -0.2) is 4.98 Å². The van der Waals surface area contributed by atoms with E-state index in [2.05, 4.69) is 4.98 Å². The Morgan fingerprint density at radius 1 is 1.00 bits per heavy atom. The molecule has 0 aliphatic heterocycles. The summed E-state index contributed by atoms with van der Waals surface area (Å²) in [5, 5.41) is 12.3. The summed E-state index contributed by atoms with van der Waals surface area (Å²) in [6.45, 7) is 0. The number of nitrogens with zero attached hydrogens (tertiary/aromatic N) is 1. The first-order chi connectivity index (χ1) is 13.7. The number of alkyl halides is 3. The molecule has 0 spiro atoms. The second-order valence-corrected chi connectivity index (χ2v) is 7.77. The van der Waals surface area contributed by atoms with Crippen molar-refractivity contribution in [3.8, 4) is 21.0 Å². The van der Waals surface area contributed by atoms with Crippen molar-refractivity contribution in [2.75, 3.05) is 0 Å². The lowest BCUT2D eigenvalue weighted by molar-refractivity contribution is -0.254. The summed E-state index contributed by atoms with van der Waals surface area (Å²) in [5.41, 5.74) is 0.456. The number of fused-ring (bicyclic) bond motifs is 1. The number of hydrogen-bond donors (Lipinski definition) is 0. The minimum atomic E-state index is -4.43. The predicted octanol–water partition coefficient (Wildman–Crippen LogP) is 5.67. The summed E-state index contributed by atoms with van der Waals surface area (Å²) in [6, 6.07) is 14.5. The Morgan fingerprint density at radius 3 is 2.48 bits per heavy atom. The monoisotopic (exact) mass is 432 g/mol. The zero-order valence-corrected chi connectivity index (χ0v) is 16.0. The zero-order chi connectivity index (χ0) is 20.8. The molecule has 4 aromatic rings. The first-order valence-electron chi connectivity index (χ1n) is 8.32. The molecule has 0 aliphatic carbocycles. The van der Waals surface area contributed by atoms with Gasteiger partial charge in [-0.1, -0.05) is 23.7 Å². The largest absolute Gasteiger partial charge is 0.545 e. The van der Waals surface area contributed by atoms with Crippen LogP contribution in [0.25, 0.3) is 31.9 Å². The zero-order valence-electron chi connectivity index (χ0n) is 14.5. The van der Waals surface area contributed by atoms with Crippen molar-refractivity contribution in [2.45, 2.75) is 6.18 Å². The van der Waals surface area contributed by atoms with Gasteiger partial charge in [-0.3, -0.25) is 0 Å². The molecule has 0 saturated heterocycles. The molecule has 0 fully saturated rings. The maximum atomic E-state index is 13.0. The van der Waals surface area contributed by atoms with Crippen LogP contribution in [0.4, 0.5) is 13.2 Å². The van der Waals surface area contributed by atoms with Gasteiger partial charge in [0, 0.05) is 20.8 Å². The van der Waals surface area contributed by atoms with E-state index in [1.165, 1.54) is 29.5 Å². The summed E-state index contributed by atoms with van der Waals surface area (Å²) < 4.78 is 38.9. The van der Waals surface area contributed by atoms with Gasteiger partial charge < -0.3 is 9.90 Å². The van der Waals surface area contributed by atoms with Crippen LogP contribution in [0.5, 0.6) is 0 Å². The van der Waals surface area contributed by atoms with E-state index in [0.29, 0.717) is 36.9 Å². The van der Waals surface area contributed by atoms with Gasteiger partial charge in [-0.05, 0) is 54.1 Å². The molecule has 0 radical (unpaired) electrons. The van der Waals surface area contributed by atoms with E-state index >= 15 is 0 Å². The molecule has 0 amide bonds. The fraction of sp³-hybridized carbons (Fsp3) is 0.0476. The van der Waals surface area contributed by atoms with E-state index in [1.54, 1.807) is 30.3 Å². The van der Waals surface area contributed by atoms with Crippen LogP contribution in [0, 0.1) is 0 Å². The number of aromatic carboxylic acids is 1. The lowest BCUT2D eigenvalue weighted by atomic mass is 10.1. The third-order valence-electron chi connectivity index (χ3n) is 4.32. The minimum absolute atomic E-state index is 0.0541. The Kier molecular flexibility index (Phi) is 4.80. The quantitative estimate of drug-likeness (QED) is 0.419. The molecule has 0 saturated carbocycles. The van der Waals surface area contributed by atoms with Gasteiger partial charge in [-0.15, -0.1) is 11.3 Å². The lowest BCUT2D eigenvalue weighted by Crippen LogP contribution is -2.22. The van der Waals surface area contributed by atoms with Gasteiger partial charge in [0.2, 0.25) is 0 Å². The molecule has 0 bridgehead atoms. The normalized spacial score (nSPS) is 11.7. The van der Waals surface area contributed by atoms with Crippen molar-refractivity contribution in [3.05, 3.63) is 76.8 Å². The molecular formula is C21H10ClF3NO2S-. The Hall–Kier alpha value is -2.90. The van der Waals surface area contributed by atoms with E-state index in [9.17, 15) is 23.1 Å². The van der Waals surface area contributed by atoms with E-state index in [-0.39, 0.29) is 5.56 Å². The predicted molar refractivity (Wildman–Crippen MR) is 105 cm³/mol. The maximum Gasteiger partial charge on any atom is 0.416 e. The molecule has 2 aromatic heterocycles. The highest BCUT2D eigenvalue weighted by molar-refractivity contribution is 7.18. The Bertz CT molecular complexity index is 1250. The number of benzene rings is 2. The van der Waals surface area contributed by atoms with Crippen LogP contribution in [0.2, 0.25) is 5.02 Å². The summed E-state index contributed by atoms with van der Waals surface area (Å²) in [6.07, 6.45) is -4.43. The number of carbonyl (C=O) groups is 1. The highest BCUT2D eigenvalue weighted by Crippen LogP contribution is 2.38. The van der Waals surface area contributed by atoms with Crippen LogP contribution in [0.1, 0.15) is 15.9 Å². The lowest BCUT2D eigenvalue weighted by Gasteiger charge is -2.10. The maximum absolute atomic E-state index is 13.0. The van der Waals surface area contributed by atoms with Gasteiger partial charge in [0.25, 0.3) is 0 Å². The van der Waals surface area contributed by atoms with Crippen molar-refractivity contribution in [1.82, 2.24) is 4.98 Å². The molecule has 2 aromatic carbocycles. The average Bonchev–Trinajstić information content (AvgIpc) is 3.17. The number of aromatic nitrogens is 1. The van der Waals surface area contributed by atoms with Gasteiger partial charge in [0.15, 0.2) is 0 Å². The molecule has 0 aliphatic rings. The van der Waals surface area contributed by atoms with E-state index in [0.717, 1.165) is 12.1 Å². The molecule has 146 valence electrons. The van der Waals surface area contributed by atoms with Crippen LogP contribution in [0.3, 0.4) is 0 Å². The molecule has 2 heterocycles. The highest BCUT2D eigenvalue weighted by Gasteiger charge is 2.30. The standard InChI is InChI=1S/C21H11ClF3NO2S/c22-13-4-5-16-14(9-13)15(20(27)28)10-17(26-16)19-7-6-18(29-19)11-2-1-3-12(8-11)21(23,24)25/h1-10H,(H,27,28)/p-1. The fourth-order valence-electron chi connectivity index (χ4n) is 2.97. The number of hydrogen-bond acceptors (Lipinski definition) is 4. The second-order valence-electron chi connectivity index (χ2n) is 6.25. The Labute approximate surface area is 172 Å². The number of carbonyl (C=O) groups excluding carboxylic acids is 1. The average molecular weight is 433 g/mol. The highest BCUT2D eigenvalue weighted by atomic mass is 35.5. The topological polar surface area (TPSA) is 53.0 Å². The third kappa shape index (κ3) is 3.83. The van der Waals surface area contributed by atoms with Crippen LogP contribution < -0.4 is 5.11 Å². The number of thiophene rings is 1. The van der Waals surface area contributed by atoms with Gasteiger partial charge in [0.1, 0.15) is 0 Å². The molecule has 29 heavy (non-hydrogen) atoms. The van der Waals surface area contributed by atoms with Gasteiger partial charge in [-0.2, -0.15) is 13.2 Å². The Morgan fingerprint density at radius 2 is 1.76 bits per heavy atom. The molecular weight excluding hydrogens is 423 g/mol. The number of carboxylic acids is 1. The van der Waals surface area contributed by atoms with Crippen molar-refractivity contribution in [3.63, 3.8) is 0 Å². The summed E-state index contributed by atoms with van der Waals surface area (Å²) in [4.78, 5) is 17.3.